The van der Waals surface area contributed by atoms with Gasteiger partial charge in [-0.15, -0.1) is 0 Å². The van der Waals surface area contributed by atoms with Crippen molar-refractivity contribution in [3.8, 4) is 16.9 Å². The molecule has 3 aromatic heterocycles. The molecule has 0 fully saturated rings. The Hall–Kier alpha value is -3.81. The van der Waals surface area contributed by atoms with E-state index in [1.54, 1.807) is 13.2 Å². The Morgan fingerprint density at radius 3 is 2.84 bits per heavy atom. The number of benzene rings is 1. The summed E-state index contributed by atoms with van der Waals surface area (Å²) < 4.78 is 25.0. The monoisotopic (exact) mass is 431 g/mol. The van der Waals surface area contributed by atoms with Crippen molar-refractivity contribution in [3.05, 3.63) is 58.2 Å². The third-order valence-corrected chi connectivity index (χ3v) is 6.28. The number of alkyl halides is 1. The summed E-state index contributed by atoms with van der Waals surface area (Å²) in [6.07, 6.45) is 4.78. The molecule has 7 nitrogen and oxygen atoms in total. The number of aliphatic imine (C=N–C) groups is 1. The summed E-state index contributed by atoms with van der Waals surface area (Å²) in [7, 11) is 1.66. The van der Waals surface area contributed by atoms with Gasteiger partial charge in [0.05, 0.1) is 29.6 Å². The minimum atomic E-state index is -0.959. The number of rotatable bonds is 3. The van der Waals surface area contributed by atoms with Crippen LogP contribution in [0.2, 0.25) is 0 Å². The lowest BCUT2D eigenvalue weighted by atomic mass is 9.93. The van der Waals surface area contributed by atoms with Gasteiger partial charge in [-0.1, -0.05) is 11.2 Å². The second-order valence-electron chi connectivity index (χ2n) is 8.19. The van der Waals surface area contributed by atoms with Crippen LogP contribution in [0.15, 0.2) is 33.9 Å². The van der Waals surface area contributed by atoms with E-state index in [4.69, 9.17) is 14.3 Å². The van der Waals surface area contributed by atoms with E-state index in [9.17, 15) is 4.39 Å². The van der Waals surface area contributed by atoms with Crippen LogP contribution in [-0.2, 0) is 6.42 Å². The van der Waals surface area contributed by atoms with Crippen molar-refractivity contribution in [2.45, 2.75) is 26.4 Å². The number of nitrogens with one attached hydrogen (secondary N) is 3. The third-order valence-electron chi connectivity index (χ3n) is 6.28. The van der Waals surface area contributed by atoms with E-state index in [0.29, 0.717) is 13.1 Å². The first-order valence-electron chi connectivity index (χ1n) is 10.5. The van der Waals surface area contributed by atoms with Gasteiger partial charge >= 0.3 is 0 Å². The topological polar surface area (TPSA) is 91.2 Å². The van der Waals surface area contributed by atoms with Gasteiger partial charge in [0.25, 0.3) is 0 Å². The molecule has 1 aromatic carbocycles. The summed E-state index contributed by atoms with van der Waals surface area (Å²) in [6.45, 7) is 4.28. The van der Waals surface area contributed by atoms with Crippen LogP contribution < -0.4 is 10.1 Å². The Morgan fingerprint density at radius 2 is 2.06 bits per heavy atom. The minimum Gasteiger partial charge on any atom is -0.496 e. The van der Waals surface area contributed by atoms with E-state index in [0.717, 1.165) is 73.1 Å². The van der Waals surface area contributed by atoms with Gasteiger partial charge in [-0.05, 0) is 32.1 Å². The fraction of sp³-hybridized carbons (Fsp3) is 0.250. The van der Waals surface area contributed by atoms with Crippen LogP contribution in [0.1, 0.15) is 33.8 Å². The summed E-state index contributed by atoms with van der Waals surface area (Å²) in [4.78, 5) is 11.5. The quantitative estimate of drug-likeness (QED) is 0.430. The van der Waals surface area contributed by atoms with Gasteiger partial charge in [-0.25, -0.2) is 4.39 Å². The largest absolute Gasteiger partial charge is 0.496 e. The summed E-state index contributed by atoms with van der Waals surface area (Å²) >= 11 is 0. The van der Waals surface area contributed by atoms with Gasteiger partial charge in [0.1, 0.15) is 30.2 Å². The van der Waals surface area contributed by atoms with Crippen LogP contribution in [-0.4, -0.2) is 40.8 Å². The smallest absolute Gasteiger partial charge is 0.141 e. The Bertz CT molecular complexity index is 1420. The lowest BCUT2D eigenvalue weighted by Crippen LogP contribution is -2.17. The predicted octanol–water partition coefficient (Wildman–Crippen LogP) is 4.90. The average Bonchev–Trinajstić information content (AvgIpc) is 3.46. The molecule has 6 rings (SSSR count). The molecule has 1 aliphatic heterocycles. The standard InChI is InChI=1S/C24H22FN5O2/c1-11-21(12(2)32-30-11)16-7-19-15(8-20(16)31-3)22-23(27-10-28-24(22)29-19)17-9-26-18-6-13(25)4-5-14(17)18/h4-5,7-9,13,26,28-29H,6,10H2,1-3H3. The Morgan fingerprint density at radius 1 is 1.19 bits per heavy atom. The first-order chi connectivity index (χ1) is 15.5. The number of allylic oxidation sites excluding steroid dienone is 1. The normalized spacial score (nSPS) is 17.1. The van der Waals surface area contributed by atoms with E-state index in [1.165, 1.54) is 0 Å². The molecule has 0 saturated carbocycles. The van der Waals surface area contributed by atoms with Crippen molar-refractivity contribution in [3.63, 3.8) is 0 Å². The van der Waals surface area contributed by atoms with E-state index < -0.39 is 6.17 Å². The number of halogens is 1. The number of fused-ring (bicyclic) bond motifs is 4. The molecule has 32 heavy (non-hydrogen) atoms. The highest BCUT2D eigenvalue weighted by Crippen LogP contribution is 2.41. The van der Waals surface area contributed by atoms with Crippen LogP contribution in [0.4, 0.5) is 10.2 Å². The van der Waals surface area contributed by atoms with Crippen molar-refractivity contribution in [2.75, 3.05) is 19.1 Å². The van der Waals surface area contributed by atoms with E-state index >= 15 is 0 Å². The second kappa shape index (κ2) is 6.85. The number of hydrogen-bond donors (Lipinski definition) is 3. The maximum atomic E-state index is 13.8. The Balaban J connectivity index is 1.55. The highest BCUT2D eigenvalue weighted by atomic mass is 19.1. The van der Waals surface area contributed by atoms with Gasteiger partial charge in [0.2, 0.25) is 0 Å². The second-order valence-corrected chi connectivity index (χ2v) is 8.19. The molecule has 1 aliphatic carbocycles. The predicted molar refractivity (Wildman–Crippen MR) is 122 cm³/mol. The Labute approximate surface area is 183 Å². The molecule has 8 heteroatoms. The molecular formula is C24H22FN5O2. The summed E-state index contributed by atoms with van der Waals surface area (Å²) in [6, 6.07) is 4.10. The average molecular weight is 431 g/mol. The molecule has 162 valence electrons. The molecule has 0 spiro atoms. The van der Waals surface area contributed by atoms with E-state index in [-0.39, 0.29) is 0 Å². The molecule has 0 amide bonds. The molecule has 2 aliphatic rings. The molecule has 4 heterocycles. The van der Waals surface area contributed by atoms with Crippen molar-refractivity contribution < 1.29 is 13.7 Å². The highest BCUT2D eigenvalue weighted by molar-refractivity contribution is 6.25. The van der Waals surface area contributed by atoms with Gasteiger partial charge in [0.15, 0.2) is 0 Å². The highest BCUT2D eigenvalue weighted by Gasteiger charge is 2.28. The number of aromatic nitrogens is 3. The molecule has 3 N–H and O–H groups in total. The molecule has 0 saturated heterocycles. The van der Waals surface area contributed by atoms with Crippen molar-refractivity contribution >= 4 is 28.5 Å². The van der Waals surface area contributed by atoms with E-state index in [1.807, 2.05) is 32.2 Å². The minimum absolute atomic E-state index is 0.354. The number of nitrogens with zero attached hydrogens (tertiary/aromatic N) is 2. The zero-order valence-corrected chi connectivity index (χ0v) is 18.0. The number of aryl methyl sites for hydroxylation is 2. The number of hydrogen-bond acceptors (Lipinski definition) is 5. The fourth-order valence-electron chi connectivity index (χ4n) is 4.82. The number of H-pyrrole nitrogens is 2. The van der Waals surface area contributed by atoms with Crippen LogP contribution in [0.25, 0.3) is 28.1 Å². The lowest BCUT2D eigenvalue weighted by molar-refractivity contribution is 0.393. The first kappa shape index (κ1) is 18.9. The van der Waals surface area contributed by atoms with Crippen molar-refractivity contribution in [1.82, 2.24) is 15.1 Å². The SMILES string of the molecule is COc1cc2c3c([nH]c2cc1-c1c(C)noc1C)NCN=C3c1c[nH]c2c1C=CC(F)C2. The van der Waals surface area contributed by atoms with Gasteiger partial charge in [-0.2, -0.15) is 0 Å². The molecule has 4 aromatic rings. The van der Waals surface area contributed by atoms with Crippen molar-refractivity contribution in [2.24, 2.45) is 4.99 Å². The van der Waals surface area contributed by atoms with Crippen LogP contribution in [0.3, 0.4) is 0 Å². The van der Waals surface area contributed by atoms with Crippen LogP contribution in [0, 0.1) is 13.8 Å². The fourth-order valence-corrected chi connectivity index (χ4v) is 4.82. The molecular weight excluding hydrogens is 409 g/mol. The van der Waals surface area contributed by atoms with Gasteiger partial charge < -0.3 is 24.5 Å². The number of aromatic amines is 2. The number of ether oxygens (including phenoxy) is 1. The Kier molecular flexibility index (Phi) is 4.05. The van der Waals surface area contributed by atoms with Crippen LogP contribution in [0.5, 0.6) is 5.75 Å². The molecule has 1 atom stereocenters. The first-order valence-corrected chi connectivity index (χ1v) is 10.5. The zero-order valence-electron chi connectivity index (χ0n) is 18.0. The maximum absolute atomic E-state index is 13.8. The zero-order chi connectivity index (χ0) is 22.0. The maximum Gasteiger partial charge on any atom is 0.141 e. The number of methoxy groups -OCH3 is 1. The molecule has 1 unspecified atom stereocenters. The van der Waals surface area contributed by atoms with E-state index in [2.05, 4.69) is 26.5 Å². The molecule has 0 bridgehead atoms. The summed E-state index contributed by atoms with van der Waals surface area (Å²) in [5.41, 5.74) is 8.35. The summed E-state index contributed by atoms with van der Waals surface area (Å²) in [5, 5.41) is 8.44. The number of anilines is 1. The van der Waals surface area contributed by atoms with Gasteiger partial charge in [-0.3, -0.25) is 4.99 Å². The molecule has 0 radical (unpaired) electrons. The third kappa shape index (κ3) is 2.65. The summed E-state index contributed by atoms with van der Waals surface area (Å²) in [5.74, 6) is 2.38. The van der Waals surface area contributed by atoms with Crippen LogP contribution >= 0.6 is 0 Å². The lowest BCUT2D eigenvalue weighted by Gasteiger charge is -2.17. The van der Waals surface area contributed by atoms with Crippen molar-refractivity contribution in [1.29, 1.82) is 0 Å². The van der Waals surface area contributed by atoms with Gasteiger partial charge in [0, 0.05) is 45.9 Å².